The molecular weight excluding hydrogens is 302 g/mol. The second-order valence-electron chi connectivity index (χ2n) is 5.07. The van der Waals surface area contributed by atoms with Gasteiger partial charge < -0.3 is 22.2 Å². The zero-order chi connectivity index (χ0) is 16.9. The fraction of sp³-hybridized carbons (Fsp3) is 0. The smallest absolute Gasteiger partial charge is 0.223 e. The molecule has 0 unspecified atom stereocenters. The molecule has 0 spiro atoms. The van der Waals surface area contributed by atoms with Crippen molar-refractivity contribution in [3.8, 4) is 0 Å². The van der Waals surface area contributed by atoms with Crippen molar-refractivity contribution >= 4 is 40.8 Å². The van der Waals surface area contributed by atoms with Crippen molar-refractivity contribution in [2.24, 2.45) is 27.2 Å². The lowest BCUT2D eigenvalue weighted by atomic mass is 10.2. The maximum Gasteiger partial charge on any atom is 0.223 e. The number of nitrogens with two attached hydrogens (primary N) is 3. The molecule has 0 aliphatic heterocycles. The molecule has 0 saturated heterocycles. The molecule has 1 heterocycles. The molecule has 0 radical (unpaired) electrons. The Morgan fingerprint density at radius 3 is 2.42 bits per heavy atom. The summed E-state index contributed by atoms with van der Waals surface area (Å²) < 4.78 is 0. The monoisotopic (exact) mass is 319 g/mol. The predicted octanol–water partition coefficient (Wildman–Crippen LogP) is 1.95. The number of para-hydroxylation sites is 2. The molecule has 120 valence electrons. The molecule has 0 aliphatic carbocycles. The molecule has 0 bridgehead atoms. The summed E-state index contributed by atoms with van der Waals surface area (Å²) in [5.74, 6) is 0.692. The van der Waals surface area contributed by atoms with Crippen LogP contribution >= 0.6 is 0 Å². The third-order valence-electron chi connectivity index (χ3n) is 3.22. The number of H-pyrrole nitrogens is 1. The first-order valence-electron chi connectivity index (χ1n) is 7.27. The number of benzene rings is 2. The van der Waals surface area contributed by atoms with E-state index in [1.807, 2.05) is 60.7 Å². The first-order valence-corrected chi connectivity index (χ1v) is 7.27. The van der Waals surface area contributed by atoms with Gasteiger partial charge in [-0.05, 0) is 35.9 Å². The average Bonchev–Trinajstić information content (AvgIpc) is 2.96. The van der Waals surface area contributed by atoms with Crippen LogP contribution in [0.4, 0.5) is 5.69 Å². The lowest BCUT2D eigenvalue weighted by molar-refractivity contribution is 1.29. The molecule has 2 aromatic carbocycles. The molecule has 7 nitrogen and oxygen atoms in total. The molecular formula is C17H17N7. The summed E-state index contributed by atoms with van der Waals surface area (Å²) in [5.41, 5.74) is 19.7. The Balaban J connectivity index is 1.75. The summed E-state index contributed by atoms with van der Waals surface area (Å²) in [6.45, 7) is 0. The summed E-state index contributed by atoms with van der Waals surface area (Å²) in [7, 11) is 0. The van der Waals surface area contributed by atoms with E-state index in [4.69, 9.17) is 17.2 Å². The Morgan fingerprint density at radius 2 is 1.71 bits per heavy atom. The normalized spacial score (nSPS) is 11.9. The van der Waals surface area contributed by atoms with Gasteiger partial charge in [-0.2, -0.15) is 4.99 Å². The van der Waals surface area contributed by atoms with Crippen LogP contribution in [-0.4, -0.2) is 21.9 Å². The van der Waals surface area contributed by atoms with E-state index in [0.717, 1.165) is 22.4 Å². The van der Waals surface area contributed by atoms with E-state index in [-0.39, 0.29) is 11.9 Å². The fourth-order valence-electron chi connectivity index (χ4n) is 2.18. The van der Waals surface area contributed by atoms with Gasteiger partial charge in [-0.3, -0.25) is 0 Å². The van der Waals surface area contributed by atoms with Crippen molar-refractivity contribution in [1.82, 2.24) is 9.97 Å². The first-order chi connectivity index (χ1) is 11.6. The average molecular weight is 319 g/mol. The Hall–Kier alpha value is -3.61. The number of rotatable bonds is 3. The number of fused-ring (bicyclic) bond motifs is 1. The van der Waals surface area contributed by atoms with Gasteiger partial charge in [0.25, 0.3) is 0 Å². The Labute approximate surface area is 138 Å². The topological polar surface area (TPSA) is 131 Å². The molecule has 7 N–H and O–H groups in total. The van der Waals surface area contributed by atoms with Crippen LogP contribution < -0.4 is 17.2 Å². The van der Waals surface area contributed by atoms with Crippen LogP contribution in [0.2, 0.25) is 0 Å². The van der Waals surface area contributed by atoms with Crippen molar-refractivity contribution in [3.05, 3.63) is 59.9 Å². The zero-order valence-corrected chi connectivity index (χ0v) is 12.8. The van der Waals surface area contributed by atoms with Crippen LogP contribution in [0, 0.1) is 0 Å². The molecule has 7 heteroatoms. The van der Waals surface area contributed by atoms with Crippen molar-refractivity contribution in [1.29, 1.82) is 0 Å². The van der Waals surface area contributed by atoms with Crippen LogP contribution in [0.5, 0.6) is 0 Å². The van der Waals surface area contributed by atoms with E-state index in [0.29, 0.717) is 5.69 Å². The van der Waals surface area contributed by atoms with E-state index < -0.39 is 0 Å². The van der Waals surface area contributed by atoms with Crippen molar-refractivity contribution in [3.63, 3.8) is 0 Å². The molecule has 0 fully saturated rings. The van der Waals surface area contributed by atoms with Crippen LogP contribution in [0.3, 0.4) is 0 Å². The molecule has 3 aromatic rings. The highest BCUT2D eigenvalue weighted by Gasteiger charge is 1.98. The van der Waals surface area contributed by atoms with Gasteiger partial charge in [0.2, 0.25) is 5.96 Å². The van der Waals surface area contributed by atoms with E-state index >= 15 is 0 Å². The Kier molecular flexibility index (Phi) is 4.24. The third-order valence-corrected chi connectivity index (χ3v) is 3.22. The molecule has 24 heavy (non-hydrogen) atoms. The number of guanidine groups is 2. The SMILES string of the molecule is NC(N)=NC(N)=Nc1ccc(C=Cc2nc3ccccc3[nH]2)cc1. The maximum atomic E-state index is 5.59. The Bertz CT molecular complexity index is 896. The molecule has 0 aliphatic rings. The minimum Gasteiger partial charge on any atom is -0.370 e. The van der Waals surface area contributed by atoms with Gasteiger partial charge in [0.1, 0.15) is 5.82 Å². The minimum absolute atomic E-state index is 0.0144. The molecule has 0 saturated carbocycles. The first kappa shape index (κ1) is 15.3. The van der Waals surface area contributed by atoms with Crippen molar-refractivity contribution in [2.75, 3.05) is 0 Å². The van der Waals surface area contributed by atoms with E-state index in [9.17, 15) is 0 Å². The van der Waals surface area contributed by atoms with Crippen LogP contribution in [0.15, 0.2) is 58.5 Å². The number of imidazole rings is 1. The second kappa shape index (κ2) is 6.66. The number of hydrogen-bond donors (Lipinski definition) is 4. The van der Waals surface area contributed by atoms with Crippen LogP contribution in [-0.2, 0) is 0 Å². The summed E-state index contributed by atoms with van der Waals surface area (Å²) in [4.78, 5) is 15.5. The van der Waals surface area contributed by atoms with Gasteiger partial charge in [-0.25, -0.2) is 9.98 Å². The number of nitrogens with zero attached hydrogens (tertiary/aromatic N) is 3. The number of nitrogens with one attached hydrogen (secondary N) is 1. The summed E-state index contributed by atoms with van der Waals surface area (Å²) in [6, 6.07) is 15.4. The predicted molar refractivity (Wildman–Crippen MR) is 98.6 cm³/mol. The second-order valence-corrected chi connectivity index (χ2v) is 5.07. The molecule has 0 amide bonds. The zero-order valence-electron chi connectivity index (χ0n) is 12.8. The fourth-order valence-corrected chi connectivity index (χ4v) is 2.18. The van der Waals surface area contributed by atoms with Crippen LogP contribution in [0.1, 0.15) is 11.4 Å². The quantitative estimate of drug-likeness (QED) is 0.434. The Morgan fingerprint density at radius 1 is 0.958 bits per heavy atom. The van der Waals surface area contributed by atoms with Gasteiger partial charge in [-0.1, -0.05) is 30.3 Å². The third kappa shape index (κ3) is 3.77. The van der Waals surface area contributed by atoms with Gasteiger partial charge in [0, 0.05) is 0 Å². The lowest BCUT2D eigenvalue weighted by Gasteiger charge is -1.97. The highest BCUT2D eigenvalue weighted by molar-refractivity contribution is 5.93. The highest BCUT2D eigenvalue weighted by Crippen LogP contribution is 2.16. The minimum atomic E-state index is -0.123. The number of hydrogen-bond acceptors (Lipinski definition) is 2. The van der Waals surface area contributed by atoms with Crippen molar-refractivity contribution < 1.29 is 0 Å². The molecule has 0 atom stereocenters. The summed E-state index contributed by atoms with van der Waals surface area (Å²) in [5, 5.41) is 0. The van der Waals surface area contributed by atoms with Crippen molar-refractivity contribution in [2.45, 2.75) is 0 Å². The molecule has 3 rings (SSSR count). The molecule has 1 aromatic heterocycles. The van der Waals surface area contributed by atoms with Gasteiger partial charge >= 0.3 is 0 Å². The highest BCUT2D eigenvalue weighted by atomic mass is 15.1. The van der Waals surface area contributed by atoms with Crippen LogP contribution in [0.25, 0.3) is 23.2 Å². The lowest BCUT2D eigenvalue weighted by Crippen LogP contribution is -2.26. The van der Waals surface area contributed by atoms with Gasteiger partial charge in [-0.15, -0.1) is 0 Å². The van der Waals surface area contributed by atoms with E-state index in [1.165, 1.54) is 0 Å². The summed E-state index contributed by atoms with van der Waals surface area (Å²) in [6.07, 6.45) is 3.89. The summed E-state index contributed by atoms with van der Waals surface area (Å²) >= 11 is 0. The van der Waals surface area contributed by atoms with Gasteiger partial charge in [0.15, 0.2) is 5.96 Å². The standard InChI is InChI=1S/C17H17N7/c18-16(19)24-17(20)21-12-8-5-11(6-9-12)7-10-15-22-13-3-1-2-4-14(13)23-15/h1-10H,(H,22,23)(H6,18,19,20,21,24). The van der Waals surface area contributed by atoms with Gasteiger partial charge in [0.05, 0.1) is 16.7 Å². The number of aromatic nitrogens is 2. The number of aromatic amines is 1. The maximum absolute atomic E-state index is 5.59. The van der Waals surface area contributed by atoms with E-state index in [1.54, 1.807) is 0 Å². The van der Waals surface area contributed by atoms with E-state index in [2.05, 4.69) is 20.0 Å². The largest absolute Gasteiger partial charge is 0.370 e. The number of aliphatic imine (C=N–C) groups is 2.